The number of ketones is 1. The van der Waals surface area contributed by atoms with Crippen molar-refractivity contribution >= 4 is 40.7 Å². The van der Waals surface area contributed by atoms with E-state index in [4.69, 9.17) is 27.9 Å². The molecule has 0 radical (unpaired) electrons. The zero-order valence-corrected chi connectivity index (χ0v) is 13.1. The lowest BCUT2D eigenvalue weighted by Crippen LogP contribution is -2.08. The molecule has 23 heavy (non-hydrogen) atoms. The molecule has 0 bridgehead atoms. The number of Topliss-reactive ketones (excluding diaryl/α,β-unsaturated/α-hetero) is 1. The van der Waals surface area contributed by atoms with Crippen LogP contribution >= 0.6 is 23.2 Å². The first-order valence-electron chi connectivity index (χ1n) is 6.67. The Morgan fingerprint density at radius 3 is 2.00 bits per heavy atom. The highest BCUT2D eigenvalue weighted by atomic mass is 35.5. The summed E-state index contributed by atoms with van der Waals surface area (Å²) in [5, 5.41) is 11.4. The van der Waals surface area contributed by atoms with Crippen LogP contribution in [0.2, 0.25) is 10.0 Å². The lowest BCUT2D eigenvalue weighted by Gasteiger charge is -2.12. The molecule has 4 nitrogen and oxygen atoms in total. The van der Waals surface area contributed by atoms with Crippen LogP contribution in [0.25, 0.3) is 5.76 Å². The maximum Gasteiger partial charge on any atom is 0.380 e. The average Bonchev–Trinajstić information content (AvgIpc) is 2.84. The number of carbonyl (C=O) groups is 2. The molecule has 0 saturated carbocycles. The Balaban J connectivity index is 2.10. The molecule has 1 aliphatic heterocycles. The van der Waals surface area contributed by atoms with Crippen LogP contribution < -0.4 is 0 Å². The molecule has 2 aromatic rings. The van der Waals surface area contributed by atoms with Gasteiger partial charge < -0.3 is 9.84 Å². The molecule has 1 atom stereocenters. The fraction of sp³-hybridized carbons (Fsp3) is 0.0588. The predicted octanol–water partition coefficient (Wildman–Crippen LogP) is 4.13. The van der Waals surface area contributed by atoms with Gasteiger partial charge in [-0.1, -0.05) is 35.3 Å². The number of hydrogen-bond donors (Lipinski definition) is 1. The Bertz CT molecular complexity index is 807. The van der Waals surface area contributed by atoms with Gasteiger partial charge in [0.15, 0.2) is 6.10 Å². The highest BCUT2D eigenvalue weighted by Gasteiger charge is 2.42. The fourth-order valence-corrected chi connectivity index (χ4v) is 2.57. The SMILES string of the molecule is O=C1OC(c2ccc(Cl)cc2)/C(=C(\O)c2ccc(Cl)cc2)C1=O. The molecule has 3 rings (SSSR count). The summed E-state index contributed by atoms with van der Waals surface area (Å²) < 4.78 is 5.10. The third-order valence-corrected chi connectivity index (χ3v) is 3.97. The fourth-order valence-electron chi connectivity index (χ4n) is 2.32. The van der Waals surface area contributed by atoms with E-state index in [9.17, 15) is 14.7 Å². The Morgan fingerprint density at radius 1 is 0.913 bits per heavy atom. The lowest BCUT2D eigenvalue weighted by molar-refractivity contribution is -0.149. The summed E-state index contributed by atoms with van der Waals surface area (Å²) in [7, 11) is 0. The molecule has 0 amide bonds. The molecule has 1 unspecified atom stereocenters. The number of halogens is 2. The Labute approximate surface area is 141 Å². The second kappa shape index (κ2) is 6.07. The van der Waals surface area contributed by atoms with Gasteiger partial charge in [-0.2, -0.15) is 0 Å². The molecule has 6 heteroatoms. The van der Waals surface area contributed by atoms with E-state index in [0.717, 1.165) is 0 Å². The molecule has 0 spiro atoms. The summed E-state index contributed by atoms with van der Waals surface area (Å²) >= 11 is 11.6. The number of aliphatic hydroxyl groups is 1. The maximum absolute atomic E-state index is 12.1. The standard InChI is InChI=1S/C17H10Cl2O4/c18-11-5-1-9(2-6-11)14(20)13-15(21)17(22)23-16(13)10-3-7-12(19)8-4-10/h1-8,16,20H/b14-13-. The van der Waals surface area contributed by atoms with E-state index in [2.05, 4.69) is 0 Å². The van der Waals surface area contributed by atoms with Crippen molar-refractivity contribution in [2.24, 2.45) is 0 Å². The van der Waals surface area contributed by atoms with Gasteiger partial charge in [0.2, 0.25) is 0 Å². The first kappa shape index (κ1) is 15.6. The van der Waals surface area contributed by atoms with Crippen LogP contribution in [-0.2, 0) is 14.3 Å². The van der Waals surface area contributed by atoms with Crippen LogP contribution in [0, 0.1) is 0 Å². The zero-order chi connectivity index (χ0) is 16.6. The molecule has 0 aromatic heterocycles. The first-order chi connectivity index (χ1) is 11.0. The smallest absolute Gasteiger partial charge is 0.380 e. The largest absolute Gasteiger partial charge is 0.507 e. The van der Waals surface area contributed by atoms with E-state index in [1.807, 2.05) is 0 Å². The number of ether oxygens (including phenoxy) is 1. The van der Waals surface area contributed by atoms with Crippen LogP contribution in [0.4, 0.5) is 0 Å². The molecule has 1 heterocycles. The Morgan fingerprint density at radius 2 is 1.43 bits per heavy atom. The quantitative estimate of drug-likeness (QED) is 0.383. The Hall–Kier alpha value is -2.30. The first-order valence-corrected chi connectivity index (χ1v) is 7.43. The van der Waals surface area contributed by atoms with Gasteiger partial charge in [0, 0.05) is 15.6 Å². The van der Waals surface area contributed by atoms with E-state index in [1.54, 1.807) is 48.5 Å². The van der Waals surface area contributed by atoms with Crippen LogP contribution in [0.5, 0.6) is 0 Å². The van der Waals surface area contributed by atoms with E-state index in [-0.39, 0.29) is 11.3 Å². The van der Waals surface area contributed by atoms with Crippen molar-refractivity contribution in [3.8, 4) is 0 Å². The van der Waals surface area contributed by atoms with Crippen molar-refractivity contribution in [2.45, 2.75) is 6.10 Å². The van der Waals surface area contributed by atoms with E-state index >= 15 is 0 Å². The normalized spacial score (nSPS) is 19.7. The van der Waals surface area contributed by atoms with Gasteiger partial charge in [-0.05, 0) is 42.0 Å². The number of esters is 1. The van der Waals surface area contributed by atoms with Gasteiger partial charge >= 0.3 is 5.97 Å². The van der Waals surface area contributed by atoms with E-state index in [1.165, 1.54) is 0 Å². The number of rotatable bonds is 2. The predicted molar refractivity (Wildman–Crippen MR) is 86.3 cm³/mol. The van der Waals surface area contributed by atoms with Gasteiger partial charge in [0.05, 0.1) is 5.57 Å². The molecule has 0 aliphatic carbocycles. The number of carbonyl (C=O) groups excluding carboxylic acids is 2. The molecule has 1 fully saturated rings. The summed E-state index contributed by atoms with van der Waals surface area (Å²) in [6.07, 6.45) is -0.969. The minimum Gasteiger partial charge on any atom is -0.507 e. The lowest BCUT2D eigenvalue weighted by atomic mass is 9.97. The maximum atomic E-state index is 12.1. The summed E-state index contributed by atoms with van der Waals surface area (Å²) in [6, 6.07) is 12.8. The summed E-state index contributed by atoms with van der Waals surface area (Å²) in [5.74, 6) is -2.17. The van der Waals surface area contributed by atoms with Crippen LogP contribution in [0.1, 0.15) is 17.2 Å². The van der Waals surface area contributed by atoms with E-state index in [0.29, 0.717) is 21.2 Å². The summed E-state index contributed by atoms with van der Waals surface area (Å²) in [5.41, 5.74) is 0.818. The Kier molecular flexibility index (Phi) is 4.11. The second-order valence-electron chi connectivity index (χ2n) is 4.94. The topological polar surface area (TPSA) is 63.6 Å². The zero-order valence-electron chi connectivity index (χ0n) is 11.6. The molecule has 1 aliphatic rings. The highest BCUT2D eigenvalue weighted by molar-refractivity contribution is 6.44. The highest BCUT2D eigenvalue weighted by Crippen LogP contribution is 2.37. The number of aliphatic hydroxyl groups excluding tert-OH is 1. The van der Waals surface area contributed by atoms with Crippen molar-refractivity contribution in [3.05, 3.63) is 75.3 Å². The minimum absolute atomic E-state index is 0.0976. The molecule has 1 N–H and O–H groups in total. The monoisotopic (exact) mass is 348 g/mol. The van der Waals surface area contributed by atoms with Gasteiger partial charge in [-0.15, -0.1) is 0 Å². The number of benzene rings is 2. The third-order valence-electron chi connectivity index (χ3n) is 3.46. The molecular formula is C17H10Cl2O4. The van der Waals surface area contributed by atoms with Gasteiger partial charge in [-0.3, -0.25) is 4.79 Å². The third kappa shape index (κ3) is 2.96. The van der Waals surface area contributed by atoms with Gasteiger partial charge in [0.1, 0.15) is 5.76 Å². The van der Waals surface area contributed by atoms with Gasteiger partial charge in [0.25, 0.3) is 5.78 Å². The molecule has 1 saturated heterocycles. The van der Waals surface area contributed by atoms with Crippen molar-refractivity contribution in [3.63, 3.8) is 0 Å². The second-order valence-corrected chi connectivity index (χ2v) is 5.81. The average molecular weight is 349 g/mol. The molecular weight excluding hydrogens is 339 g/mol. The van der Waals surface area contributed by atoms with Crippen LogP contribution in [0.15, 0.2) is 54.1 Å². The summed E-state index contributed by atoms with van der Waals surface area (Å²) in [6.45, 7) is 0. The number of hydrogen-bond acceptors (Lipinski definition) is 4. The molecule has 116 valence electrons. The van der Waals surface area contributed by atoms with Crippen LogP contribution in [0.3, 0.4) is 0 Å². The van der Waals surface area contributed by atoms with Crippen molar-refractivity contribution in [2.75, 3.05) is 0 Å². The number of cyclic esters (lactones) is 1. The minimum atomic E-state index is -1.000. The van der Waals surface area contributed by atoms with E-state index < -0.39 is 17.9 Å². The van der Waals surface area contributed by atoms with Gasteiger partial charge in [-0.25, -0.2) is 4.79 Å². The molecule has 2 aromatic carbocycles. The summed E-state index contributed by atoms with van der Waals surface area (Å²) in [4.78, 5) is 23.8. The van der Waals surface area contributed by atoms with Crippen molar-refractivity contribution in [1.29, 1.82) is 0 Å². The van der Waals surface area contributed by atoms with Crippen molar-refractivity contribution in [1.82, 2.24) is 0 Å². The van der Waals surface area contributed by atoms with Crippen molar-refractivity contribution < 1.29 is 19.4 Å². The van der Waals surface area contributed by atoms with Crippen LogP contribution in [-0.4, -0.2) is 16.9 Å².